The summed E-state index contributed by atoms with van der Waals surface area (Å²) >= 11 is 0. The summed E-state index contributed by atoms with van der Waals surface area (Å²) in [6, 6.07) is 5.27. The van der Waals surface area contributed by atoms with Crippen LogP contribution in [0.1, 0.15) is 33.1 Å². The van der Waals surface area contributed by atoms with E-state index < -0.39 is 4.92 Å². The minimum Gasteiger partial charge on any atom is -0.377 e. The molecule has 1 aromatic carbocycles. The number of hydrogen-bond donors (Lipinski definition) is 3. The highest BCUT2D eigenvalue weighted by molar-refractivity contribution is 5.76. The molecule has 0 radical (unpaired) electrons. The standard InChI is InChI=1S/C12H20N4O2/c1-3-6-9(4-2)14-10-7-5-8-11(15-13)12(10)16(17)18/h5,7-9,14-15H,3-4,6,13H2,1-2H3. The summed E-state index contributed by atoms with van der Waals surface area (Å²) < 4.78 is 0. The first kappa shape index (κ1) is 14.2. The van der Waals surface area contributed by atoms with E-state index in [1.54, 1.807) is 18.2 Å². The molecule has 0 saturated heterocycles. The number of nitro groups is 1. The predicted molar refractivity (Wildman–Crippen MR) is 73.5 cm³/mol. The van der Waals surface area contributed by atoms with Crippen LogP contribution in [0, 0.1) is 10.1 Å². The van der Waals surface area contributed by atoms with Gasteiger partial charge in [0.25, 0.3) is 0 Å². The largest absolute Gasteiger partial charge is 0.377 e. The highest BCUT2D eigenvalue weighted by Crippen LogP contribution is 2.33. The Morgan fingerprint density at radius 3 is 2.56 bits per heavy atom. The average molecular weight is 252 g/mol. The van der Waals surface area contributed by atoms with Gasteiger partial charge in [0.2, 0.25) is 0 Å². The average Bonchev–Trinajstić information content (AvgIpc) is 2.37. The van der Waals surface area contributed by atoms with Gasteiger partial charge in [-0.05, 0) is 25.0 Å². The molecule has 6 heteroatoms. The second-order valence-electron chi connectivity index (χ2n) is 4.14. The predicted octanol–water partition coefficient (Wildman–Crippen LogP) is 2.87. The molecular weight excluding hydrogens is 232 g/mol. The molecular formula is C12H20N4O2. The van der Waals surface area contributed by atoms with Crippen molar-refractivity contribution in [2.24, 2.45) is 5.84 Å². The van der Waals surface area contributed by atoms with E-state index in [0.29, 0.717) is 11.4 Å². The zero-order chi connectivity index (χ0) is 13.5. The Morgan fingerprint density at radius 1 is 1.39 bits per heavy atom. The first-order valence-corrected chi connectivity index (χ1v) is 6.14. The Kier molecular flexibility index (Phi) is 5.38. The van der Waals surface area contributed by atoms with E-state index in [-0.39, 0.29) is 11.7 Å². The first-order valence-electron chi connectivity index (χ1n) is 6.14. The van der Waals surface area contributed by atoms with E-state index in [4.69, 9.17) is 5.84 Å². The van der Waals surface area contributed by atoms with E-state index in [2.05, 4.69) is 24.6 Å². The maximum absolute atomic E-state index is 11.1. The number of nitrogens with one attached hydrogen (secondary N) is 2. The first-order chi connectivity index (χ1) is 8.63. The van der Waals surface area contributed by atoms with Crippen LogP contribution in [0.2, 0.25) is 0 Å². The lowest BCUT2D eigenvalue weighted by Gasteiger charge is -2.18. The minimum atomic E-state index is -0.420. The number of hydrazine groups is 1. The van der Waals surface area contributed by atoms with E-state index in [1.165, 1.54) is 0 Å². The normalized spacial score (nSPS) is 11.9. The van der Waals surface area contributed by atoms with Crippen LogP contribution >= 0.6 is 0 Å². The minimum absolute atomic E-state index is 0.00504. The van der Waals surface area contributed by atoms with E-state index >= 15 is 0 Å². The van der Waals surface area contributed by atoms with Crippen LogP contribution in [0.4, 0.5) is 17.1 Å². The molecule has 0 aliphatic heterocycles. The summed E-state index contributed by atoms with van der Waals surface area (Å²) in [5.41, 5.74) is 3.18. The maximum Gasteiger partial charge on any atom is 0.316 e. The monoisotopic (exact) mass is 252 g/mol. The molecule has 6 nitrogen and oxygen atoms in total. The number of benzene rings is 1. The van der Waals surface area contributed by atoms with Crippen LogP contribution in [0.15, 0.2) is 18.2 Å². The molecule has 0 amide bonds. The van der Waals surface area contributed by atoms with Crippen LogP contribution < -0.4 is 16.6 Å². The molecule has 0 aromatic heterocycles. The van der Waals surface area contributed by atoms with Crippen LogP contribution in [0.25, 0.3) is 0 Å². The number of nitro benzene ring substituents is 1. The quantitative estimate of drug-likeness (QED) is 0.394. The SMILES string of the molecule is CCCC(CC)Nc1cccc(NN)c1[N+](=O)[O-]. The van der Waals surface area contributed by atoms with Gasteiger partial charge >= 0.3 is 5.69 Å². The Hall–Kier alpha value is -1.82. The van der Waals surface area contributed by atoms with Gasteiger partial charge in [-0.25, -0.2) is 0 Å². The molecule has 100 valence electrons. The van der Waals surface area contributed by atoms with Crippen molar-refractivity contribution in [2.45, 2.75) is 39.2 Å². The lowest BCUT2D eigenvalue weighted by Crippen LogP contribution is -2.19. The van der Waals surface area contributed by atoms with Crippen LogP contribution in [-0.2, 0) is 0 Å². The third-order valence-corrected chi connectivity index (χ3v) is 2.86. The van der Waals surface area contributed by atoms with Crippen molar-refractivity contribution in [1.82, 2.24) is 0 Å². The molecule has 4 N–H and O–H groups in total. The van der Waals surface area contributed by atoms with E-state index in [9.17, 15) is 10.1 Å². The second kappa shape index (κ2) is 6.80. The van der Waals surface area contributed by atoms with Crippen molar-refractivity contribution in [3.63, 3.8) is 0 Å². The number of hydrogen-bond acceptors (Lipinski definition) is 5. The maximum atomic E-state index is 11.1. The summed E-state index contributed by atoms with van der Waals surface area (Å²) in [6.07, 6.45) is 2.94. The number of nitrogen functional groups attached to an aromatic ring is 1. The number of para-hydroxylation sites is 1. The highest BCUT2D eigenvalue weighted by atomic mass is 16.6. The third kappa shape index (κ3) is 3.33. The summed E-state index contributed by atoms with van der Waals surface area (Å²) in [7, 11) is 0. The van der Waals surface area contributed by atoms with Crippen molar-refractivity contribution < 1.29 is 4.92 Å². The van der Waals surface area contributed by atoms with Crippen molar-refractivity contribution >= 4 is 17.1 Å². The zero-order valence-electron chi connectivity index (χ0n) is 10.8. The van der Waals surface area contributed by atoms with Gasteiger partial charge < -0.3 is 10.7 Å². The molecule has 0 bridgehead atoms. The van der Waals surface area contributed by atoms with Gasteiger partial charge in [0.1, 0.15) is 11.4 Å². The molecule has 18 heavy (non-hydrogen) atoms. The summed E-state index contributed by atoms with van der Waals surface area (Å²) in [6.45, 7) is 4.15. The lowest BCUT2D eigenvalue weighted by molar-refractivity contribution is -0.383. The van der Waals surface area contributed by atoms with E-state index in [1.807, 2.05) is 0 Å². The third-order valence-electron chi connectivity index (χ3n) is 2.86. The van der Waals surface area contributed by atoms with Gasteiger partial charge in [-0.15, -0.1) is 0 Å². The molecule has 1 atom stereocenters. The van der Waals surface area contributed by atoms with Crippen molar-refractivity contribution in [1.29, 1.82) is 0 Å². The number of nitrogens with two attached hydrogens (primary N) is 1. The number of nitrogens with zero attached hydrogens (tertiary/aromatic N) is 1. The second-order valence-corrected chi connectivity index (χ2v) is 4.14. The smallest absolute Gasteiger partial charge is 0.316 e. The van der Waals surface area contributed by atoms with Crippen molar-refractivity contribution in [3.8, 4) is 0 Å². The van der Waals surface area contributed by atoms with Gasteiger partial charge in [0.15, 0.2) is 0 Å². The zero-order valence-corrected chi connectivity index (χ0v) is 10.8. The molecule has 0 heterocycles. The summed E-state index contributed by atoms with van der Waals surface area (Å²) in [5, 5.41) is 14.3. The Labute approximate surface area is 107 Å². The Balaban J connectivity index is 3.03. The van der Waals surface area contributed by atoms with Crippen LogP contribution in [0.3, 0.4) is 0 Å². The van der Waals surface area contributed by atoms with Gasteiger partial charge in [-0.2, -0.15) is 0 Å². The molecule has 0 spiro atoms. The fourth-order valence-electron chi connectivity index (χ4n) is 1.92. The number of rotatable bonds is 7. The van der Waals surface area contributed by atoms with E-state index in [0.717, 1.165) is 19.3 Å². The topological polar surface area (TPSA) is 93.2 Å². The molecule has 0 fully saturated rings. The van der Waals surface area contributed by atoms with Crippen LogP contribution in [-0.4, -0.2) is 11.0 Å². The summed E-state index contributed by atoms with van der Waals surface area (Å²) in [5.74, 6) is 5.30. The summed E-state index contributed by atoms with van der Waals surface area (Å²) in [4.78, 5) is 10.7. The molecule has 0 aliphatic carbocycles. The van der Waals surface area contributed by atoms with Gasteiger partial charge in [0.05, 0.1) is 4.92 Å². The Bertz CT molecular complexity index is 409. The highest BCUT2D eigenvalue weighted by Gasteiger charge is 2.20. The van der Waals surface area contributed by atoms with Crippen LogP contribution in [0.5, 0.6) is 0 Å². The van der Waals surface area contributed by atoms with Gasteiger partial charge in [0, 0.05) is 6.04 Å². The molecule has 0 saturated carbocycles. The van der Waals surface area contributed by atoms with Gasteiger partial charge in [-0.3, -0.25) is 16.0 Å². The molecule has 1 rings (SSSR count). The fraction of sp³-hybridized carbons (Fsp3) is 0.500. The number of anilines is 2. The van der Waals surface area contributed by atoms with Gasteiger partial charge in [-0.1, -0.05) is 26.3 Å². The fourth-order valence-corrected chi connectivity index (χ4v) is 1.92. The molecule has 1 aromatic rings. The lowest BCUT2D eigenvalue weighted by atomic mass is 10.1. The Morgan fingerprint density at radius 2 is 2.06 bits per heavy atom. The van der Waals surface area contributed by atoms with Crippen molar-refractivity contribution in [2.75, 3.05) is 10.7 Å². The molecule has 0 aliphatic rings. The van der Waals surface area contributed by atoms with Crippen molar-refractivity contribution in [3.05, 3.63) is 28.3 Å². The molecule has 1 unspecified atom stereocenters.